The number of imidazole rings is 1. The number of aryl methyl sites for hydroxylation is 2. The molecule has 172 valence electrons. The lowest BCUT2D eigenvalue weighted by Crippen LogP contribution is -2.22. The van der Waals surface area contributed by atoms with E-state index in [1.807, 2.05) is 16.7 Å². The molecule has 3 aromatic heterocycles. The Balaban J connectivity index is 1.99. The highest BCUT2D eigenvalue weighted by Gasteiger charge is 2.29. The number of methoxy groups -OCH3 is 1. The average Bonchev–Trinajstić information content (AvgIpc) is 3.29. The number of allylic oxidation sites excluding steroid dienone is 1. The van der Waals surface area contributed by atoms with Gasteiger partial charge in [-0.25, -0.2) is 23.5 Å². The molecular weight excluding hydrogens is 428 g/mol. The number of nitrogens with zero attached hydrogens (tertiary/aromatic N) is 4. The van der Waals surface area contributed by atoms with Crippen LogP contribution in [0.2, 0.25) is 0 Å². The number of alkyl halides is 2. The van der Waals surface area contributed by atoms with E-state index >= 15 is 0 Å². The van der Waals surface area contributed by atoms with Crippen molar-refractivity contribution in [3.05, 3.63) is 59.8 Å². The minimum atomic E-state index is -3.16. The Kier molecular flexibility index (Phi) is 5.53. The molecule has 4 rings (SSSR count). The van der Waals surface area contributed by atoms with Crippen LogP contribution in [0.3, 0.4) is 0 Å². The van der Waals surface area contributed by atoms with Crippen LogP contribution in [0.1, 0.15) is 34.6 Å². The second-order valence-electron chi connectivity index (χ2n) is 8.16. The fourth-order valence-corrected chi connectivity index (χ4v) is 3.92. The van der Waals surface area contributed by atoms with E-state index in [-0.39, 0.29) is 6.04 Å². The number of esters is 1. The molecule has 0 fully saturated rings. The summed E-state index contributed by atoms with van der Waals surface area (Å²) in [6, 6.07) is 8.51. The van der Waals surface area contributed by atoms with E-state index in [1.54, 1.807) is 39.1 Å². The molecular formula is C24H25F2N5O2. The quantitative estimate of drug-likeness (QED) is 0.342. The Labute approximate surface area is 189 Å². The van der Waals surface area contributed by atoms with Crippen LogP contribution in [-0.4, -0.2) is 38.1 Å². The fourth-order valence-electron chi connectivity index (χ4n) is 3.92. The van der Waals surface area contributed by atoms with Gasteiger partial charge in [-0.1, -0.05) is 6.58 Å². The number of hydrogen-bond acceptors (Lipinski definition) is 5. The smallest absolute Gasteiger partial charge is 0.338 e. The third-order valence-electron chi connectivity index (χ3n) is 5.76. The first-order valence-electron chi connectivity index (χ1n) is 10.4. The molecule has 7 nitrogen and oxygen atoms in total. The summed E-state index contributed by atoms with van der Waals surface area (Å²) in [6.07, 6.45) is 0.624. The zero-order valence-corrected chi connectivity index (χ0v) is 18.9. The maximum atomic E-state index is 14.5. The van der Waals surface area contributed by atoms with E-state index in [1.165, 1.54) is 11.7 Å². The molecule has 0 aliphatic heterocycles. The molecule has 0 amide bonds. The van der Waals surface area contributed by atoms with Crippen LogP contribution < -0.4 is 5.73 Å². The van der Waals surface area contributed by atoms with Crippen molar-refractivity contribution in [2.75, 3.05) is 7.11 Å². The van der Waals surface area contributed by atoms with E-state index < -0.39 is 18.4 Å². The summed E-state index contributed by atoms with van der Waals surface area (Å²) >= 11 is 0. The van der Waals surface area contributed by atoms with Gasteiger partial charge < -0.3 is 19.6 Å². The topological polar surface area (TPSA) is 88.0 Å². The zero-order chi connectivity index (χ0) is 24.1. The third-order valence-corrected chi connectivity index (χ3v) is 5.76. The van der Waals surface area contributed by atoms with Crippen molar-refractivity contribution in [3.63, 3.8) is 0 Å². The van der Waals surface area contributed by atoms with Crippen LogP contribution in [0.25, 0.3) is 33.6 Å². The van der Waals surface area contributed by atoms with Gasteiger partial charge in [-0.15, -0.1) is 0 Å². The normalized spacial score (nSPS) is 12.9. The summed E-state index contributed by atoms with van der Waals surface area (Å²) in [6.45, 7) is 6.21. The maximum Gasteiger partial charge on any atom is 0.338 e. The predicted octanol–water partition coefficient (Wildman–Crippen LogP) is 4.53. The number of ether oxygens (including phenoxy) is 1. The van der Waals surface area contributed by atoms with Gasteiger partial charge >= 0.3 is 5.97 Å². The number of pyridine rings is 1. The number of hydrogen-bond donors (Lipinski definition) is 1. The third kappa shape index (κ3) is 3.89. The van der Waals surface area contributed by atoms with E-state index in [2.05, 4.69) is 16.5 Å². The van der Waals surface area contributed by atoms with Crippen molar-refractivity contribution in [3.8, 4) is 11.5 Å². The SMILES string of the molecule is C=CC(F)(F)Cn1c(-c2nc3cc(C(=O)OC)c(C)cc3n2C)cc2ccc([C@@H](C)N)nc21. The van der Waals surface area contributed by atoms with Crippen LogP contribution in [0, 0.1) is 6.92 Å². The Morgan fingerprint density at radius 3 is 2.67 bits per heavy atom. The van der Waals surface area contributed by atoms with Crippen molar-refractivity contribution in [1.29, 1.82) is 0 Å². The van der Waals surface area contributed by atoms with Crippen molar-refractivity contribution in [2.24, 2.45) is 12.8 Å². The summed E-state index contributed by atoms with van der Waals surface area (Å²) < 4.78 is 37.0. The lowest BCUT2D eigenvalue weighted by Gasteiger charge is -2.16. The average molecular weight is 453 g/mol. The van der Waals surface area contributed by atoms with Gasteiger partial charge in [0.15, 0.2) is 5.82 Å². The molecule has 0 spiro atoms. The van der Waals surface area contributed by atoms with Gasteiger partial charge in [0.05, 0.1) is 41.6 Å². The van der Waals surface area contributed by atoms with Crippen molar-refractivity contribution >= 4 is 28.0 Å². The standard InChI is InChI=1S/C24H25F2N5O2/c1-6-24(25,26)12-31-20(10-15-7-8-17(14(3)27)28-21(15)31)22-29-18-11-16(23(32)33-5)13(2)9-19(18)30(22)4/h6-11,14H,1,12,27H2,2-5H3/t14-/m1/s1. The van der Waals surface area contributed by atoms with Crippen LogP contribution in [0.5, 0.6) is 0 Å². The number of carbonyl (C=O) groups excluding carboxylic acids is 1. The molecule has 9 heteroatoms. The lowest BCUT2D eigenvalue weighted by molar-refractivity contribution is 0.0379. The summed E-state index contributed by atoms with van der Waals surface area (Å²) in [5, 5.41) is 0.688. The van der Waals surface area contributed by atoms with E-state index in [9.17, 15) is 13.6 Å². The number of benzene rings is 1. The minimum absolute atomic E-state index is 0.350. The molecule has 0 saturated carbocycles. The molecule has 0 saturated heterocycles. The first-order chi connectivity index (χ1) is 15.6. The van der Waals surface area contributed by atoms with Crippen molar-refractivity contribution < 1.29 is 18.3 Å². The number of nitrogens with two attached hydrogens (primary N) is 1. The zero-order valence-electron chi connectivity index (χ0n) is 18.9. The number of halogens is 2. The summed E-state index contributed by atoms with van der Waals surface area (Å²) in [5.41, 5.74) is 9.86. The highest BCUT2D eigenvalue weighted by Crippen LogP contribution is 2.33. The molecule has 0 aliphatic rings. The van der Waals surface area contributed by atoms with Crippen LogP contribution in [0.15, 0.2) is 43.0 Å². The molecule has 0 aliphatic carbocycles. The molecule has 1 aromatic carbocycles. The number of rotatable bonds is 6. The van der Waals surface area contributed by atoms with Gasteiger partial charge in [0.1, 0.15) is 5.65 Å². The first-order valence-corrected chi connectivity index (χ1v) is 10.4. The van der Waals surface area contributed by atoms with Gasteiger partial charge in [0.2, 0.25) is 0 Å². The van der Waals surface area contributed by atoms with Crippen LogP contribution in [-0.2, 0) is 18.3 Å². The molecule has 0 radical (unpaired) electrons. The summed E-state index contributed by atoms with van der Waals surface area (Å²) in [4.78, 5) is 21.4. The molecule has 1 atom stereocenters. The Morgan fingerprint density at radius 1 is 1.30 bits per heavy atom. The van der Waals surface area contributed by atoms with E-state index in [4.69, 9.17) is 10.5 Å². The van der Waals surface area contributed by atoms with Gasteiger partial charge in [0, 0.05) is 18.5 Å². The van der Waals surface area contributed by atoms with Crippen LogP contribution >= 0.6 is 0 Å². The fraction of sp³-hybridized carbons (Fsp3) is 0.292. The summed E-state index contributed by atoms with van der Waals surface area (Å²) in [5.74, 6) is -3.16. The van der Waals surface area contributed by atoms with Crippen LogP contribution in [0.4, 0.5) is 8.78 Å². The second kappa shape index (κ2) is 8.08. The van der Waals surface area contributed by atoms with Gasteiger partial charge in [-0.3, -0.25) is 0 Å². The molecule has 3 heterocycles. The Bertz CT molecular complexity index is 1400. The van der Waals surface area contributed by atoms with Gasteiger partial charge in [-0.2, -0.15) is 0 Å². The van der Waals surface area contributed by atoms with Crippen molar-refractivity contribution in [1.82, 2.24) is 19.1 Å². The second-order valence-corrected chi connectivity index (χ2v) is 8.16. The summed E-state index contributed by atoms with van der Waals surface area (Å²) in [7, 11) is 3.12. The van der Waals surface area contributed by atoms with Gasteiger partial charge in [0.25, 0.3) is 5.92 Å². The largest absolute Gasteiger partial charge is 0.465 e. The maximum absolute atomic E-state index is 14.5. The molecule has 4 aromatic rings. The Morgan fingerprint density at radius 2 is 2.03 bits per heavy atom. The minimum Gasteiger partial charge on any atom is -0.465 e. The molecule has 33 heavy (non-hydrogen) atoms. The Hall–Kier alpha value is -3.59. The molecule has 2 N–H and O–H groups in total. The first kappa shape index (κ1) is 22.6. The highest BCUT2D eigenvalue weighted by molar-refractivity contribution is 5.96. The van der Waals surface area contributed by atoms with E-state index in [0.717, 1.165) is 11.1 Å². The number of aromatic nitrogens is 4. The number of fused-ring (bicyclic) bond motifs is 2. The predicted molar refractivity (Wildman–Crippen MR) is 123 cm³/mol. The van der Waals surface area contributed by atoms with Gasteiger partial charge in [-0.05, 0) is 55.8 Å². The molecule has 0 bridgehead atoms. The highest BCUT2D eigenvalue weighted by atomic mass is 19.3. The number of carbonyl (C=O) groups is 1. The van der Waals surface area contributed by atoms with Crippen molar-refractivity contribution in [2.45, 2.75) is 32.4 Å². The lowest BCUT2D eigenvalue weighted by atomic mass is 10.1. The monoisotopic (exact) mass is 453 g/mol. The molecule has 0 unspecified atom stereocenters. The van der Waals surface area contributed by atoms with E-state index in [0.29, 0.717) is 45.4 Å².